The van der Waals surface area contributed by atoms with Gasteiger partial charge >= 0.3 is 5.97 Å². The lowest BCUT2D eigenvalue weighted by atomic mass is 10.2. The first-order valence-corrected chi connectivity index (χ1v) is 4.58. The van der Waals surface area contributed by atoms with Crippen LogP contribution in [0.25, 0.3) is 0 Å². The highest BCUT2D eigenvalue weighted by Gasteiger charge is 2.12. The summed E-state index contributed by atoms with van der Waals surface area (Å²) in [4.78, 5) is 11.1. The Morgan fingerprint density at radius 1 is 1.62 bits per heavy atom. The quantitative estimate of drug-likeness (QED) is 0.381. The topological polar surface area (TPSA) is 52.3 Å². The van der Waals surface area contributed by atoms with Crippen molar-refractivity contribution in [3.63, 3.8) is 0 Å². The van der Waals surface area contributed by atoms with E-state index in [2.05, 4.69) is 12.8 Å². The summed E-state index contributed by atoms with van der Waals surface area (Å²) in [5.41, 5.74) is 5.43. The number of hydrogen-bond donors (Lipinski definition) is 1. The highest BCUT2D eigenvalue weighted by Crippen LogP contribution is 1.96. The maximum atomic E-state index is 11.1. The Balaban J connectivity index is 3.45. The number of carbonyl (C=O) groups is 1. The molecule has 0 bridgehead atoms. The molecule has 74 valence electrons. The summed E-state index contributed by atoms with van der Waals surface area (Å²) < 4.78 is 4.90. The molecule has 3 nitrogen and oxygen atoms in total. The second-order valence-electron chi connectivity index (χ2n) is 2.89. The van der Waals surface area contributed by atoms with Gasteiger partial charge in [-0.05, 0) is 6.42 Å². The third-order valence-electron chi connectivity index (χ3n) is 1.63. The van der Waals surface area contributed by atoms with Gasteiger partial charge in [0, 0.05) is 6.42 Å². The normalized spacial score (nSPS) is 11.8. The van der Waals surface area contributed by atoms with Gasteiger partial charge in [-0.15, -0.1) is 12.3 Å². The second kappa shape index (κ2) is 7.63. The van der Waals surface area contributed by atoms with Crippen molar-refractivity contribution in [2.45, 2.75) is 38.6 Å². The van der Waals surface area contributed by atoms with Crippen LogP contribution in [-0.4, -0.2) is 18.6 Å². The lowest BCUT2D eigenvalue weighted by molar-refractivity contribution is -0.145. The van der Waals surface area contributed by atoms with E-state index in [1.54, 1.807) is 0 Å². The Morgan fingerprint density at radius 2 is 2.31 bits per heavy atom. The van der Waals surface area contributed by atoms with Crippen molar-refractivity contribution >= 4 is 5.97 Å². The predicted octanol–water partition coefficient (Wildman–Crippen LogP) is 1.07. The number of ether oxygens (including phenoxy) is 1. The molecule has 0 aromatic carbocycles. The summed E-state index contributed by atoms with van der Waals surface area (Å²) in [6.07, 6.45) is 8.31. The average Bonchev–Trinajstić information content (AvgIpc) is 2.12. The molecule has 1 unspecified atom stereocenters. The van der Waals surface area contributed by atoms with Crippen molar-refractivity contribution < 1.29 is 9.53 Å². The minimum atomic E-state index is -0.661. The molecule has 0 saturated heterocycles. The van der Waals surface area contributed by atoms with Gasteiger partial charge in [-0.1, -0.05) is 19.8 Å². The van der Waals surface area contributed by atoms with Gasteiger partial charge in [0.25, 0.3) is 0 Å². The van der Waals surface area contributed by atoms with E-state index < -0.39 is 12.0 Å². The van der Waals surface area contributed by atoms with E-state index in [0.717, 1.165) is 19.3 Å². The number of esters is 1. The highest BCUT2D eigenvalue weighted by molar-refractivity contribution is 5.75. The molecule has 13 heavy (non-hydrogen) atoms. The van der Waals surface area contributed by atoms with Gasteiger partial charge in [0.15, 0.2) is 0 Å². The number of hydrogen-bond acceptors (Lipinski definition) is 3. The average molecular weight is 183 g/mol. The SMILES string of the molecule is C#CCC(N)C(=O)OCCCCC. The first kappa shape index (κ1) is 12.0. The predicted molar refractivity (Wildman–Crippen MR) is 51.9 cm³/mol. The molecule has 0 heterocycles. The number of carbonyl (C=O) groups excluding carboxylic acids is 1. The summed E-state index contributed by atoms with van der Waals surface area (Å²) in [6, 6.07) is -0.661. The van der Waals surface area contributed by atoms with Gasteiger partial charge in [-0.2, -0.15) is 0 Å². The third kappa shape index (κ3) is 6.18. The van der Waals surface area contributed by atoms with Crippen LogP contribution in [0.2, 0.25) is 0 Å². The molecule has 0 fully saturated rings. The molecule has 0 aliphatic carbocycles. The van der Waals surface area contributed by atoms with Crippen molar-refractivity contribution in [2.75, 3.05) is 6.61 Å². The van der Waals surface area contributed by atoms with Crippen LogP contribution >= 0.6 is 0 Å². The summed E-state index contributed by atoms with van der Waals surface area (Å²) in [6.45, 7) is 2.54. The molecule has 1 atom stereocenters. The van der Waals surface area contributed by atoms with E-state index >= 15 is 0 Å². The van der Waals surface area contributed by atoms with E-state index in [4.69, 9.17) is 16.9 Å². The fourth-order valence-electron chi connectivity index (χ4n) is 0.842. The van der Waals surface area contributed by atoms with Gasteiger partial charge in [0.05, 0.1) is 6.61 Å². The Labute approximate surface area is 79.6 Å². The van der Waals surface area contributed by atoms with Crippen LogP contribution in [0.1, 0.15) is 32.6 Å². The number of nitrogens with two attached hydrogens (primary N) is 1. The molecule has 0 aromatic rings. The number of terminal acetylenes is 1. The lowest BCUT2D eigenvalue weighted by Gasteiger charge is -2.08. The minimum absolute atomic E-state index is 0.243. The van der Waals surface area contributed by atoms with Crippen LogP contribution in [0.15, 0.2) is 0 Å². The van der Waals surface area contributed by atoms with Crippen LogP contribution < -0.4 is 5.73 Å². The molecule has 2 N–H and O–H groups in total. The zero-order chi connectivity index (χ0) is 10.1. The van der Waals surface area contributed by atoms with Gasteiger partial charge < -0.3 is 10.5 Å². The van der Waals surface area contributed by atoms with E-state index in [0.29, 0.717) is 6.61 Å². The van der Waals surface area contributed by atoms with Gasteiger partial charge in [-0.25, -0.2) is 0 Å². The molecule has 0 spiro atoms. The van der Waals surface area contributed by atoms with Gasteiger partial charge in [0.1, 0.15) is 6.04 Å². The van der Waals surface area contributed by atoms with Crippen LogP contribution in [0, 0.1) is 12.3 Å². The minimum Gasteiger partial charge on any atom is -0.465 e. The van der Waals surface area contributed by atoms with Crippen LogP contribution in [0.4, 0.5) is 0 Å². The summed E-state index contributed by atoms with van der Waals surface area (Å²) in [5.74, 6) is 1.93. The van der Waals surface area contributed by atoms with E-state index in [9.17, 15) is 4.79 Å². The van der Waals surface area contributed by atoms with E-state index in [-0.39, 0.29) is 6.42 Å². The van der Waals surface area contributed by atoms with Gasteiger partial charge in [-0.3, -0.25) is 4.79 Å². The van der Waals surface area contributed by atoms with Crippen LogP contribution in [0.3, 0.4) is 0 Å². The molecular weight excluding hydrogens is 166 g/mol. The Hall–Kier alpha value is -1.01. The molecule has 0 saturated carbocycles. The molecule has 0 aliphatic heterocycles. The maximum Gasteiger partial charge on any atom is 0.323 e. The van der Waals surface area contributed by atoms with E-state index in [1.165, 1.54) is 0 Å². The second-order valence-corrected chi connectivity index (χ2v) is 2.89. The Morgan fingerprint density at radius 3 is 2.85 bits per heavy atom. The van der Waals surface area contributed by atoms with Gasteiger partial charge in [0.2, 0.25) is 0 Å². The molecule has 0 aliphatic rings. The molecule has 0 radical (unpaired) electrons. The Bertz CT molecular complexity index is 184. The maximum absolute atomic E-state index is 11.1. The molecular formula is C10H17NO2. The van der Waals surface area contributed by atoms with E-state index in [1.807, 2.05) is 0 Å². The van der Waals surface area contributed by atoms with Crippen LogP contribution in [0.5, 0.6) is 0 Å². The standard InChI is InChI=1S/C10H17NO2/c1-3-5-6-8-13-10(12)9(11)7-4-2/h2,9H,3,5-8,11H2,1H3. The smallest absolute Gasteiger partial charge is 0.323 e. The zero-order valence-corrected chi connectivity index (χ0v) is 8.08. The summed E-state index contributed by atoms with van der Waals surface area (Å²) in [5, 5.41) is 0. The lowest BCUT2D eigenvalue weighted by Crippen LogP contribution is -2.31. The number of rotatable bonds is 6. The number of unbranched alkanes of at least 4 members (excludes halogenated alkanes) is 2. The van der Waals surface area contributed by atoms with Crippen LogP contribution in [-0.2, 0) is 9.53 Å². The first-order chi connectivity index (χ1) is 6.22. The van der Waals surface area contributed by atoms with Crippen molar-refractivity contribution in [1.29, 1.82) is 0 Å². The van der Waals surface area contributed by atoms with Crippen molar-refractivity contribution in [1.82, 2.24) is 0 Å². The van der Waals surface area contributed by atoms with Crippen molar-refractivity contribution in [2.24, 2.45) is 5.73 Å². The molecule has 3 heteroatoms. The van der Waals surface area contributed by atoms with Crippen molar-refractivity contribution in [3.05, 3.63) is 0 Å². The summed E-state index contributed by atoms with van der Waals surface area (Å²) >= 11 is 0. The third-order valence-corrected chi connectivity index (χ3v) is 1.63. The monoisotopic (exact) mass is 183 g/mol. The molecule has 0 aromatic heterocycles. The fourth-order valence-corrected chi connectivity index (χ4v) is 0.842. The largest absolute Gasteiger partial charge is 0.465 e. The highest BCUT2D eigenvalue weighted by atomic mass is 16.5. The van der Waals surface area contributed by atoms with Crippen molar-refractivity contribution in [3.8, 4) is 12.3 Å². The zero-order valence-electron chi connectivity index (χ0n) is 8.08. The Kier molecular flexibility index (Phi) is 7.04. The first-order valence-electron chi connectivity index (χ1n) is 4.58. The fraction of sp³-hybridized carbons (Fsp3) is 0.700. The molecule has 0 rings (SSSR count). The summed E-state index contributed by atoms with van der Waals surface area (Å²) in [7, 11) is 0. The molecule has 0 amide bonds.